The normalized spacial score (nSPS) is 40.1. The molecule has 5 rings (SSSR count). The largest absolute Gasteiger partial charge is 0.504 e. The number of hydrogen-bond donors (Lipinski definition) is 3. The lowest BCUT2D eigenvalue weighted by Crippen LogP contribution is -2.71. The van der Waals surface area contributed by atoms with Crippen molar-refractivity contribution in [3.63, 3.8) is 0 Å². The molecule has 106 valence electrons. The van der Waals surface area contributed by atoms with Crippen molar-refractivity contribution >= 4 is 0 Å². The van der Waals surface area contributed by atoms with Crippen LogP contribution in [0, 0.1) is 0 Å². The second-order valence-corrected chi connectivity index (χ2v) is 6.86. The van der Waals surface area contributed by atoms with Crippen molar-refractivity contribution in [2.24, 2.45) is 0 Å². The molecule has 2 fully saturated rings. The van der Waals surface area contributed by atoms with Gasteiger partial charge >= 0.3 is 0 Å². The van der Waals surface area contributed by atoms with Gasteiger partial charge in [-0.15, -0.1) is 0 Å². The van der Waals surface area contributed by atoms with Gasteiger partial charge in [0.25, 0.3) is 0 Å². The first-order chi connectivity index (χ1) is 9.66. The molecule has 0 radical (unpaired) electrons. The number of benzene rings is 1. The summed E-state index contributed by atoms with van der Waals surface area (Å²) in [5.74, 6) is 1.78. The number of ether oxygens (including phenoxy) is 1. The van der Waals surface area contributed by atoms with Gasteiger partial charge in [0.05, 0.1) is 5.60 Å². The fourth-order valence-corrected chi connectivity index (χ4v) is 5.19. The van der Waals surface area contributed by atoms with Crippen molar-refractivity contribution in [3.8, 4) is 17.2 Å². The Kier molecular flexibility index (Phi) is 1.89. The van der Waals surface area contributed by atoms with Gasteiger partial charge in [-0.05, 0) is 43.9 Å². The minimum Gasteiger partial charge on any atom is -0.504 e. The minimum absolute atomic E-state index is 0.127. The van der Waals surface area contributed by atoms with Crippen LogP contribution in [0.4, 0.5) is 0 Å². The molecule has 1 saturated carbocycles. The van der Waals surface area contributed by atoms with E-state index in [2.05, 4.69) is 5.32 Å². The molecule has 4 aliphatic rings. The Hall–Kier alpha value is -1.26. The smallest absolute Gasteiger partial charge is 0.211 e. The quantitative estimate of drug-likeness (QED) is 0.642. The predicted octanol–water partition coefficient (Wildman–Crippen LogP) is 1.96. The minimum atomic E-state index is -0.661. The first-order valence-electron chi connectivity index (χ1n) is 7.69. The molecule has 4 nitrogen and oxygen atoms in total. The zero-order valence-corrected chi connectivity index (χ0v) is 11.4. The summed E-state index contributed by atoms with van der Waals surface area (Å²) >= 11 is 0. The molecule has 0 amide bonds. The summed E-state index contributed by atoms with van der Waals surface area (Å²) in [6, 6.07) is 2.00. The number of piperidine rings is 1. The monoisotopic (exact) mass is 273 g/mol. The Morgan fingerprint density at radius 2 is 2.05 bits per heavy atom. The van der Waals surface area contributed by atoms with E-state index in [-0.39, 0.29) is 17.2 Å². The Morgan fingerprint density at radius 1 is 1.20 bits per heavy atom. The number of fused-ring (bicyclic) bond motifs is 3. The molecule has 0 aromatic heterocycles. The standard InChI is InChI=1S/C16H19NO3/c18-11-8-10-9(13-14(11)20-13)7-12-16(19)4-2-1-3-15(10,16)5-6-17-12/h8,12,17-19H,1-7H2/t12-,15+,16?/m1/s1. The maximum absolute atomic E-state index is 11.4. The van der Waals surface area contributed by atoms with Gasteiger partial charge in [-0.1, -0.05) is 12.8 Å². The second-order valence-electron chi connectivity index (χ2n) is 6.86. The molecule has 1 aromatic carbocycles. The molecule has 2 aliphatic carbocycles. The molecule has 1 saturated heterocycles. The zero-order chi connectivity index (χ0) is 13.5. The van der Waals surface area contributed by atoms with Crippen LogP contribution in [-0.4, -0.2) is 28.4 Å². The molecule has 3 atom stereocenters. The van der Waals surface area contributed by atoms with Gasteiger partial charge in [0.2, 0.25) is 5.75 Å². The molecular weight excluding hydrogens is 254 g/mol. The van der Waals surface area contributed by atoms with Crippen LogP contribution in [-0.2, 0) is 11.8 Å². The molecule has 2 heterocycles. The Balaban J connectivity index is 1.80. The summed E-state index contributed by atoms with van der Waals surface area (Å²) < 4.78 is 5.48. The van der Waals surface area contributed by atoms with Gasteiger partial charge < -0.3 is 20.3 Å². The van der Waals surface area contributed by atoms with Crippen LogP contribution in [0.25, 0.3) is 0 Å². The molecule has 3 N–H and O–H groups in total. The fraction of sp³-hybridized carbons (Fsp3) is 0.625. The first kappa shape index (κ1) is 11.4. The molecule has 20 heavy (non-hydrogen) atoms. The average Bonchev–Trinajstić information content (AvgIpc) is 3.21. The lowest BCUT2D eigenvalue weighted by Gasteiger charge is -2.60. The van der Waals surface area contributed by atoms with E-state index in [0.29, 0.717) is 5.75 Å². The molecule has 0 spiro atoms. The SMILES string of the molecule is Oc1cc2c(c3c1O3)C[C@H]1NCC[C@@]23CCCCC13O. The molecule has 4 heteroatoms. The highest BCUT2D eigenvalue weighted by Gasteiger charge is 2.62. The Labute approximate surface area is 117 Å². The fourth-order valence-electron chi connectivity index (χ4n) is 5.19. The molecule has 2 aliphatic heterocycles. The van der Waals surface area contributed by atoms with Crippen molar-refractivity contribution < 1.29 is 14.9 Å². The van der Waals surface area contributed by atoms with E-state index in [1.807, 2.05) is 6.07 Å². The third-order valence-electron chi connectivity index (χ3n) is 6.16. The topological polar surface area (TPSA) is 65.0 Å². The number of aliphatic hydroxyl groups is 1. The van der Waals surface area contributed by atoms with Crippen LogP contribution in [0.5, 0.6) is 17.2 Å². The highest BCUT2D eigenvalue weighted by Crippen LogP contribution is 2.64. The molecule has 2 bridgehead atoms. The van der Waals surface area contributed by atoms with E-state index in [1.165, 1.54) is 5.56 Å². The summed E-state index contributed by atoms with van der Waals surface area (Å²) in [6.45, 7) is 0.950. The van der Waals surface area contributed by atoms with E-state index >= 15 is 0 Å². The summed E-state index contributed by atoms with van der Waals surface area (Å²) in [7, 11) is 0. The van der Waals surface area contributed by atoms with Crippen LogP contribution in [0.15, 0.2) is 6.07 Å². The number of hydrogen-bond acceptors (Lipinski definition) is 4. The third-order valence-corrected chi connectivity index (χ3v) is 6.16. The summed E-state index contributed by atoms with van der Waals surface area (Å²) in [6.07, 6.45) is 5.91. The van der Waals surface area contributed by atoms with Crippen LogP contribution in [0.1, 0.15) is 43.2 Å². The van der Waals surface area contributed by atoms with E-state index in [9.17, 15) is 10.2 Å². The number of nitrogens with one attached hydrogen (secondary N) is 1. The Morgan fingerprint density at radius 3 is 2.95 bits per heavy atom. The van der Waals surface area contributed by atoms with E-state index in [0.717, 1.165) is 56.4 Å². The van der Waals surface area contributed by atoms with Crippen LogP contribution in [0.3, 0.4) is 0 Å². The van der Waals surface area contributed by atoms with E-state index in [1.54, 1.807) is 0 Å². The van der Waals surface area contributed by atoms with Gasteiger partial charge in [-0.3, -0.25) is 0 Å². The highest BCUT2D eigenvalue weighted by molar-refractivity contribution is 5.71. The molecular formula is C16H19NO3. The van der Waals surface area contributed by atoms with Gasteiger partial charge in [0, 0.05) is 17.0 Å². The first-order valence-corrected chi connectivity index (χ1v) is 7.69. The molecule has 1 unspecified atom stereocenters. The van der Waals surface area contributed by atoms with E-state index in [4.69, 9.17) is 4.74 Å². The maximum atomic E-state index is 11.4. The van der Waals surface area contributed by atoms with Gasteiger partial charge in [0.1, 0.15) is 0 Å². The average molecular weight is 273 g/mol. The van der Waals surface area contributed by atoms with E-state index < -0.39 is 5.60 Å². The maximum Gasteiger partial charge on any atom is 0.211 e. The second kappa shape index (κ2) is 3.31. The van der Waals surface area contributed by atoms with Crippen molar-refractivity contribution in [1.29, 1.82) is 0 Å². The van der Waals surface area contributed by atoms with Crippen LogP contribution >= 0.6 is 0 Å². The van der Waals surface area contributed by atoms with Crippen molar-refractivity contribution in [1.82, 2.24) is 5.32 Å². The predicted molar refractivity (Wildman–Crippen MR) is 73.4 cm³/mol. The lowest BCUT2D eigenvalue weighted by atomic mass is 9.50. The Bertz CT molecular complexity index is 625. The number of rotatable bonds is 0. The summed E-state index contributed by atoms with van der Waals surface area (Å²) in [4.78, 5) is 0. The summed E-state index contributed by atoms with van der Waals surface area (Å²) in [5, 5.41) is 25.0. The van der Waals surface area contributed by atoms with Gasteiger partial charge in [0.15, 0.2) is 11.5 Å². The summed E-state index contributed by atoms with van der Waals surface area (Å²) in [5.41, 5.74) is 1.53. The van der Waals surface area contributed by atoms with Gasteiger partial charge in [-0.2, -0.15) is 0 Å². The lowest BCUT2D eigenvalue weighted by molar-refractivity contribution is -0.124. The number of phenols is 1. The van der Waals surface area contributed by atoms with Crippen molar-refractivity contribution in [2.75, 3.05) is 6.54 Å². The third kappa shape index (κ3) is 1.09. The van der Waals surface area contributed by atoms with Gasteiger partial charge in [-0.25, -0.2) is 0 Å². The molecule has 1 aromatic rings. The number of phenolic OH excluding ortho intramolecular Hbond substituents is 1. The number of aromatic hydroxyl groups is 1. The zero-order valence-electron chi connectivity index (χ0n) is 11.4. The van der Waals surface area contributed by atoms with Crippen molar-refractivity contribution in [2.45, 2.75) is 55.6 Å². The van der Waals surface area contributed by atoms with Crippen LogP contribution < -0.4 is 10.1 Å². The van der Waals surface area contributed by atoms with Crippen LogP contribution in [0.2, 0.25) is 0 Å². The highest BCUT2D eigenvalue weighted by atomic mass is 16.6. The van der Waals surface area contributed by atoms with Crippen molar-refractivity contribution in [3.05, 3.63) is 17.2 Å².